The number of halogens is 4. The maximum Gasteiger partial charge on any atom is 0.435 e. The molecule has 0 radical (unpaired) electrons. The van der Waals surface area contributed by atoms with Crippen LogP contribution in [0.3, 0.4) is 0 Å². The van der Waals surface area contributed by atoms with Crippen molar-refractivity contribution in [2.45, 2.75) is 19.1 Å². The van der Waals surface area contributed by atoms with Gasteiger partial charge in [0.2, 0.25) is 0 Å². The third kappa shape index (κ3) is 4.24. The molecule has 1 N–H and O–H groups in total. The fraction of sp³-hybridized carbons (Fsp3) is 0.158. The maximum atomic E-state index is 13.6. The minimum Gasteiger partial charge on any atom is -0.344 e. The molecule has 148 valence electrons. The summed E-state index contributed by atoms with van der Waals surface area (Å²) >= 11 is 0. The fourth-order valence-electron chi connectivity index (χ4n) is 2.67. The number of rotatable bonds is 4. The molecular formula is C19H13F4N5O. The average Bonchev–Trinajstić information content (AvgIpc) is 3.14. The Morgan fingerprint density at radius 3 is 2.48 bits per heavy atom. The Hall–Kier alpha value is -3.74. The SMILES string of the molecule is CC(NC(=O)c1nnn(-c2cccc(F)c2)c1C(F)(F)F)c1ccc(C#N)cc1. The number of hydrogen-bond donors (Lipinski definition) is 1. The first kappa shape index (κ1) is 20.0. The van der Waals surface area contributed by atoms with E-state index in [0.29, 0.717) is 15.8 Å². The molecule has 0 fully saturated rings. The number of nitrogens with zero attached hydrogens (tertiary/aromatic N) is 4. The Morgan fingerprint density at radius 1 is 1.21 bits per heavy atom. The minimum atomic E-state index is -4.96. The van der Waals surface area contributed by atoms with E-state index in [0.717, 1.165) is 12.1 Å². The van der Waals surface area contributed by atoms with Crippen LogP contribution in [0.1, 0.15) is 40.3 Å². The molecule has 29 heavy (non-hydrogen) atoms. The summed E-state index contributed by atoms with van der Waals surface area (Å²) in [5, 5.41) is 18.0. The van der Waals surface area contributed by atoms with E-state index in [1.165, 1.54) is 24.3 Å². The summed E-state index contributed by atoms with van der Waals surface area (Å²) < 4.78 is 54.7. The van der Waals surface area contributed by atoms with Crippen LogP contribution in [0.15, 0.2) is 48.5 Å². The van der Waals surface area contributed by atoms with Crippen LogP contribution in [0.4, 0.5) is 17.6 Å². The van der Waals surface area contributed by atoms with Gasteiger partial charge in [-0.05, 0) is 42.8 Å². The molecule has 0 bridgehead atoms. The molecule has 1 unspecified atom stereocenters. The Balaban J connectivity index is 1.93. The monoisotopic (exact) mass is 403 g/mol. The topological polar surface area (TPSA) is 83.6 Å². The van der Waals surface area contributed by atoms with Gasteiger partial charge in [0.05, 0.1) is 23.4 Å². The first-order valence-electron chi connectivity index (χ1n) is 8.30. The minimum absolute atomic E-state index is 0.219. The zero-order valence-corrected chi connectivity index (χ0v) is 14.9. The van der Waals surface area contributed by atoms with Crippen LogP contribution in [0.2, 0.25) is 0 Å². The largest absolute Gasteiger partial charge is 0.435 e. The molecule has 0 aliphatic rings. The van der Waals surface area contributed by atoms with Crippen LogP contribution >= 0.6 is 0 Å². The molecule has 0 aliphatic carbocycles. The van der Waals surface area contributed by atoms with Gasteiger partial charge in [-0.2, -0.15) is 18.4 Å². The lowest BCUT2D eigenvalue weighted by Crippen LogP contribution is -2.29. The third-order valence-corrected chi connectivity index (χ3v) is 4.09. The smallest absolute Gasteiger partial charge is 0.344 e. The number of hydrogen-bond acceptors (Lipinski definition) is 4. The first-order chi connectivity index (χ1) is 13.7. The van der Waals surface area contributed by atoms with Gasteiger partial charge in [0.1, 0.15) is 5.82 Å². The Morgan fingerprint density at radius 2 is 1.90 bits per heavy atom. The molecule has 0 saturated heterocycles. The van der Waals surface area contributed by atoms with Crippen molar-refractivity contribution in [3.05, 3.63) is 76.9 Å². The van der Waals surface area contributed by atoms with Crippen LogP contribution in [-0.4, -0.2) is 20.9 Å². The lowest BCUT2D eigenvalue weighted by Gasteiger charge is -2.15. The normalized spacial score (nSPS) is 12.3. The fourth-order valence-corrected chi connectivity index (χ4v) is 2.67. The molecule has 0 spiro atoms. The highest BCUT2D eigenvalue weighted by molar-refractivity contribution is 5.93. The molecule has 1 atom stereocenters. The summed E-state index contributed by atoms with van der Waals surface area (Å²) in [6.07, 6.45) is -4.96. The van der Waals surface area contributed by atoms with Crippen molar-refractivity contribution < 1.29 is 22.4 Å². The lowest BCUT2D eigenvalue weighted by molar-refractivity contribution is -0.143. The van der Waals surface area contributed by atoms with E-state index < -0.39 is 35.3 Å². The van der Waals surface area contributed by atoms with Crippen molar-refractivity contribution in [1.29, 1.82) is 5.26 Å². The summed E-state index contributed by atoms with van der Waals surface area (Å²) in [6.45, 7) is 1.57. The molecule has 3 aromatic rings. The van der Waals surface area contributed by atoms with Crippen molar-refractivity contribution in [3.8, 4) is 11.8 Å². The van der Waals surface area contributed by atoms with Crippen molar-refractivity contribution in [1.82, 2.24) is 20.3 Å². The zero-order chi connectivity index (χ0) is 21.2. The molecule has 0 saturated carbocycles. The average molecular weight is 403 g/mol. The lowest BCUT2D eigenvalue weighted by atomic mass is 10.1. The summed E-state index contributed by atoms with van der Waals surface area (Å²) in [4.78, 5) is 12.5. The van der Waals surface area contributed by atoms with Gasteiger partial charge in [0, 0.05) is 0 Å². The Bertz CT molecular complexity index is 1080. The summed E-state index contributed by atoms with van der Waals surface area (Å²) in [5.41, 5.74) is -1.56. The van der Waals surface area contributed by atoms with E-state index in [-0.39, 0.29) is 5.69 Å². The predicted octanol–water partition coefficient (Wildman–Crippen LogP) is 3.79. The van der Waals surface area contributed by atoms with Gasteiger partial charge in [0.25, 0.3) is 5.91 Å². The predicted molar refractivity (Wildman–Crippen MR) is 93.4 cm³/mol. The van der Waals surface area contributed by atoms with Crippen molar-refractivity contribution in [2.75, 3.05) is 0 Å². The standard InChI is InChI=1S/C19H13F4N5O/c1-11(13-7-5-12(10-24)6-8-13)25-18(29)16-17(19(21,22)23)28(27-26-16)15-4-2-3-14(20)9-15/h2-9,11H,1H3,(H,25,29). The summed E-state index contributed by atoms with van der Waals surface area (Å²) in [7, 11) is 0. The van der Waals surface area contributed by atoms with Gasteiger partial charge in [-0.1, -0.05) is 23.4 Å². The highest BCUT2D eigenvalue weighted by Crippen LogP contribution is 2.33. The number of carbonyl (C=O) groups is 1. The van der Waals surface area contributed by atoms with Gasteiger partial charge in [-0.3, -0.25) is 4.79 Å². The van der Waals surface area contributed by atoms with Crippen LogP contribution in [0, 0.1) is 17.1 Å². The number of amides is 1. The summed E-state index contributed by atoms with van der Waals surface area (Å²) in [5.74, 6) is -1.84. The van der Waals surface area contributed by atoms with Crippen molar-refractivity contribution in [2.24, 2.45) is 0 Å². The highest BCUT2D eigenvalue weighted by atomic mass is 19.4. The second kappa shape index (κ2) is 7.71. The molecule has 6 nitrogen and oxygen atoms in total. The highest BCUT2D eigenvalue weighted by Gasteiger charge is 2.42. The van der Waals surface area contributed by atoms with E-state index in [4.69, 9.17) is 5.26 Å². The molecule has 3 rings (SSSR count). The van der Waals surface area contributed by atoms with Crippen LogP contribution in [-0.2, 0) is 6.18 Å². The molecular weight excluding hydrogens is 390 g/mol. The van der Waals surface area contributed by atoms with Gasteiger partial charge >= 0.3 is 6.18 Å². The number of carbonyl (C=O) groups excluding carboxylic acids is 1. The third-order valence-electron chi connectivity index (χ3n) is 4.09. The van der Waals surface area contributed by atoms with E-state index in [9.17, 15) is 22.4 Å². The van der Waals surface area contributed by atoms with E-state index >= 15 is 0 Å². The van der Waals surface area contributed by atoms with Gasteiger partial charge in [-0.25, -0.2) is 9.07 Å². The van der Waals surface area contributed by atoms with Crippen molar-refractivity contribution in [3.63, 3.8) is 0 Å². The van der Waals surface area contributed by atoms with Gasteiger partial charge < -0.3 is 5.32 Å². The van der Waals surface area contributed by atoms with E-state index in [1.807, 2.05) is 6.07 Å². The number of nitrogens with one attached hydrogen (secondary N) is 1. The molecule has 1 aromatic heterocycles. The van der Waals surface area contributed by atoms with E-state index in [1.54, 1.807) is 19.1 Å². The van der Waals surface area contributed by atoms with Crippen LogP contribution in [0.5, 0.6) is 0 Å². The molecule has 1 amide bonds. The number of alkyl halides is 3. The van der Waals surface area contributed by atoms with Gasteiger partial charge in [-0.15, -0.1) is 5.10 Å². The molecule has 2 aromatic carbocycles. The quantitative estimate of drug-likeness (QED) is 0.672. The number of benzene rings is 2. The summed E-state index contributed by atoms with van der Waals surface area (Å²) in [6, 6.07) is 11.9. The Labute approximate surface area is 162 Å². The maximum absolute atomic E-state index is 13.6. The number of nitriles is 1. The second-order valence-electron chi connectivity index (χ2n) is 6.11. The van der Waals surface area contributed by atoms with Crippen LogP contribution < -0.4 is 5.32 Å². The van der Waals surface area contributed by atoms with Crippen LogP contribution in [0.25, 0.3) is 5.69 Å². The molecule has 10 heteroatoms. The molecule has 1 heterocycles. The zero-order valence-electron chi connectivity index (χ0n) is 14.9. The number of aromatic nitrogens is 3. The Kier molecular flexibility index (Phi) is 5.32. The van der Waals surface area contributed by atoms with Gasteiger partial charge in [0.15, 0.2) is 11.4 Å². The first-order valence-corrected chi connectivity index (χ1v) is 8.30. The second-order valence-corrected chi connectivity index (χ2v) is 6.11. The van der Waals surface area contributed by atoms with Crippen molar-refractivity contribution >= 4 is 5.91 Å². The molecule has 0 aliphatic heterocycles. The van der Waals surface area contributed by atoms with E-state index in [2.05, 4.69) is 15.6 Å².